The highest BCUT2D eigenvalue weighted by Gasteiger charge is 2.23. The lowest BCUT2D eigenvalue weighted by molar-refractivity contribution is -0.394. The van der Waals surface area contributed by atoms with Gasteiger partial charge in [0.2, 0.25) is 5.75 Å². The summed E-state index contributed by atoms with van der Waals surface area (Å²) in [6.07, 6.45) is 1.25. The van der Waals surface area contributed by atoms with Crippen molar-refractivity contribution >= 4 is 57.3 Å². The molecule has 0 spiro atoms. The molecule has 0 saturated carbocycles. The number of ether oxygens (including phenoxy) is 2. The van der Waals surface area contributed by atoms with Crippen LogP contribution in [0.4, 0.5) is 22.7 Å². The molecule has 15 heteroatoms. The molecule has 0 bridgehead atoms. The lowest BCUT2D eigenvalue weighted by Gasteiger charge is -2.13. The molecule has 38 heavy (non-hydrogen) atoms. The maximum atomic E-state index is 12.6. The molecule has 0 saturated heterocycles. The van der Waals surface area contributed by atoms with E-state index in [1.807, 2.05) is 22.6 Å². The van der Waals surface area contributed by atoms with Gasteiger partial charge in [-0.3, -0.25) is 35.1 Å². The van der Waals surface area contributed by atoms with Gasteiger partial charge >= 0.3 is 5.69 Å². The molecule has 0 heterocycles. The first kappa shape index (κ1) is 27.5. The molecule has 192 valence electrons. The van der Waals surface area contributed by atoms with Crippen molar-refractivity contribution in [1.82, 2.24) is 0 Å². The second-order valence-electron chi connectivity index (χ2n) is 7.23. The van der Waals surface area contributed by atoms with E-state index in [2.05, 4.69) is 5.32 Å². The van der Waals surface area contributed by atoms with E-state index in [0.717, 1.165) is 24.3 Å². The summed E-state index contributed by atoms with van der Waals surface area (Å²) in [7, 11) is 1.30. The fourth-order valence-electron chi connectivity index (χ4n) is 3.09. The van der Waals surface area contributed by atoms with Crippen molar-refractivity contribution in [2.75, 3.05) is 12.4 Å². The minimum Gasteiger partial charge on any atom is -0.493 e. The van der Waals surface area contributed by atoms with Crippen molar-refractivity contribution in [3.63, 3.8) is 0 Å². The molecule has 1 N–H and O–H groups in total. The number of nitro groups is 3. The molecule has 14 nitrogen and oxygen atoms in total. The van der Waals surface area contributed by atoms with Gasteiger partial charge in [-0.15, -0.1) is 0 Å². The number of nitrogens with zero attached hydrogens (tertiary/aromatic N) is 4. The summed E-state index contributed by atoms with van der Waals surface area (Å²) in [4.78, 5) is 43.8. The lowest BCUT2D eigenvalue weighted by Crippen LogP contribution is -2.13. The molecule has 0 aromatic heterocycles. The van der Waals surface area contributed by atoms with Gasteiger partial charge in [0.15, 0.2) is 11.5 Å². The molecule has 0 atom stereocenters. The summed E-state index contributed by atoms with van der Waals surface area (Å²) < 4.78 is 11.4. The second-order valence-corrected chi connectivity index (χ2v) is 8.40. The largest absolute Gasteiger partial charge is 0.493 e. The average molecular weight is 631 g/mol. The summed E-state index contributed by atoms with van der Waals surface area (Å²) in [6, 6.07) is 12.8. The number of nitriles is 1. The van der Waals surface area contributed by atoms with Crippen LogP contribution in [0.25, 0.3) is 6.08 Å². The van der Waals surface area contributed by atoms with Crippen LogP contribution in [-0.4, -0.2) is 27.8 Å². The van der Waals surface area contributed by atoms with Crippen LogP contribution in [0.1, 0.15) is 5.56 Å². The third kappa shape index (κ3) is 6.36. The number of hydrogen-bond acceptors (Lipinski definition) is 10. The Labute approximate surface area is 226 Å². The third-order valence-electron chi connectivity index (χ3n) is 4.80. The summed E-state index contributed by atoms with van der Waals surface area (Å²) in [5, 5.41) is 45.3. The van der Waals surface area contributed by atoms with E-state index in [1.165, 1.54) is 43.5 Å². The third-order valence-corrected chi connectivity index (χ3v) is 5.61. The average Bonchev–Trinajstić information content (AvgIpc) is 2.88. The number of nitrogens with one attached hydrogen (secondary N) is 1. The SMILES string of the molecule is COc1cc(/C=C(\C#N)C(=O)Nc2cccc([N+](=O)[O-])c2)cc(I)c1Oc1ccc([N+](=O)[O-])cc1[N+](=O)[O-]. The van der Waals surface area contributed by atoms with E-state index >= 15 is 0 Å². The number of halogens is 1. The van der Waals surface area contributed by atoms with Crippen LogP contribution in [0, 0.1) is 45.2 Å². The number of methoxy groups -OCH3 is 1. The minimum atomic E-state index is -0.821. The Morgan fingerprint density at radius 1 is 0.974 bits per heavy atom. The van der Waals surface area contributed by atoms with E-state index in [0.29, 0.717) is 9.13 Å². The van der Waals surface area contributed by atoms with E-state index in [-0.39, 0.29) is 34.2 Å². The van der Waals surface area contributed by atoms with Gasteiger partial charge in [-0.25, -0.2) is 0 Å². The van der Waals surface area contributed by atoms with Crippen molar-refractivity contribution in [3.8, 4) is 23.3 Å². The van der Waals surface area contributed by atoms with Crippen LogP contribution in [0.3, 0.4) is 0 Å². The van der Waals surface area contributed by atoms with Gasteiger partial charge in [0.05, 0.1) is 31.5 Å². The van der Waals surface area contributed by atoms with Crippen molar-refractivity contribution in [3.05, 3.63) is 99.6 Å². The van der Waals surface area contributed by atoms with Gasteiger partial charge in [0, 0.05) is 23.9 Å². The number of rotatable bonds is 9. The number of carbonyl (C=O) groups excluding carboxylic acids is 1. The van der Waals surface area contributed by atoms with Gasteiger partial charge in [0.25, 0.3) is 17.3 Å². The first-order valence-corrected chi connectivity index (χ1v) is 11.3. The van der Waals surface area contributed by atoms with Gasteiger partial charge in [0.1, 0.15) is 11.6 Å². The fraction of sp³-hybridized carbons (Fsp3) is 0.0435. The first-order chi connectivity index (χ1) is 18.0. The van der Waals surface area contributed by atoms with Crippen LogP contribution in [0.15, 0.2) is 60.2 Å². The Morgan fingerprint density at radius 3 is 2.26 bits per heavy atom. The van der Waals surface area contributed by atoms with E-state index in [1.54, 1.807) is 6.07 Å². The van der Waals surface area contributed by atoms with E-state index < -0.39 is 32.1 Å². The molecule has 0 unspecified atom stereocenters. The Bertz CT molecular complexity index is 1550. The Kier molecular flexibility index (Phi) is 8.50. The van der Waals surface area contributed by atoms with Crippen LogP contribution in [0.5, 0.6) is 17.2 Å². The zero-order valence-corrected chi connectivity index (χ0v) is 21.3. The van der Waals surface area contributed by atoms with E-state index in [4.69, 9.17) is 9.47 Å². The zero-order chi connectivity index (χ0) is 28.0. The zero-order valence-electron chi connectivity index (χ0n) is 19.1. The molecule has 0 radical (unpaired) electrons. The Hall–Kier alpha value is -5.11. The summed E-state index contributed by atoms with van der Waals surface area (Å²) >= 11 is 1.85. The Morgan fingerprint density at radius 2 is 1.66 bits per heavy atom. The normalized spacial score (nSPS) is 10.7. The van der Waals surface area contributed by atoms with Gasteiger partial charge < -0.3 is 14.8 Å². The van der Waals surface area contributed by atoms with Crippen LogP contribution >= 0.6 is 22.6 Å². The molecule has 0 aliphatic heterocycles. The molecule has 0 fully saturated rings. The van der Waals surface area contributed by atoms with Crippen LogP contribution < -0.4 is 14.8 Å². The molecular weight excluding hydrogens is 617 g/mol. The van der Waals surface area contributed by atoms with E-state index in [9.17, 15) is 40.4 Å². The predicted octanol–water partition coefficient (Wildman–Crippen LogP) is 5.36. The topological polar surface area (TPSA) is 201 Å². The van der Waals surface area contributed by atoms with Gasteiger partial charge in [-0.1, -0.05) is 6.07 Å². The first-order valence-electron chi connectivity index (χ1n) is 10.2. The predicted molar refractivity (Wildman–Crippen MR) is 141 cm³/mol. The number of carbonyl (C=O) groups is 1. The molecule has 3 aromatic carbocycles. The number of anilines is 1. The molecular formula is C23H14IN5O9. The summed E-state index contributed by atoms with van der Waals surface area (Å²) in [5.41, 5.74) is -1.24. The van der Waals surface area contributed by atoms with Crippen LogP contribution in [0.2, 0.25) is 0 Å². The highest BCUT2D eigenvalue weighted by molar-refractivity contribution is 14.1. The summed E-state index contributed by atoms with van der Waals surface area (Å²) in [6.45, 7) is 0. The molecule has 0 aliphatic carbocycles. The standard InChI is InChI=1S/C23H14IN5O9/c1-37-21-9-13(7-14(12-25)23(30)26-15-3-2-4-16(10-15)27(31)32)8-18(24)22(21)38-20-6-5-17(28(33)34)11-19(20)29(35)36/h2-11H,1H3,(H,26,30)/b14-7+. The van der Waals surface area contributed by atoms with Crippen LogP contribution in [-0.2, 0) is 4.79 Å². The quantitative estimate of drug-likeness (QED) is 0.105. The highest BCUT2D eigenvalue weighted by atomic mass is 127. The minimum absolute atomic E-state index is 0.0572. The molecule has 3 aromatic rings. The maximum absolute atomic E-state index is 12.6. The highest BCUT2D eigenvalue weighted by Crippen LogP contribution is 2.41. The smallest absolute Gasteiger partial charge is 0.318 e. The van der Waals surface area contributed by atoms with Crippen molar-refractivity contribution < 1.29 is 29.0 Å². The number of non-ortho nitro benzene ring substituents is 2. The molecule has 1 amide bonds. The number of benzene rings is 3. The monoisotopic (exact) mass is 631 g/mol. The second kappa shape index (κ2) is 11.7. The van der Waals surface area contributed by atoms with Crippen molar-refractivity contribution in [2.24, 2.45) is 0 Å². The van der Waals surface area contributed by atoms with Crippen molar-refractivity contribution in [2.45, 2.75) is 0 Å². The number of hydrogen-bond donors (Lipinski definition) is 1. The number of amides is 1. The van der Waals surface area contributed by atoms with Crippen molar-refractivity contribution in [1.29, 1.82) is 5.26 Å². The van der Waals surface area contributed by atoms with Gasteiger partial charge in [-0.2, -0.15) is 5.26 Å². The maximum Gasteiger partial charge on any atom is 0.318 e. The van der Waals surface area contributed by atoms with Gasteiger partial charge in [-0.05, 0) is 58.5 Å². The fourth-order valence-corrected chi connectivity index (χ4v) is 3.83. The molecule has 0 aliphatic rings. The number of nitro benzene ring substituents is 3. The lowest BCUT2D eigenvalue weighted by atomic mass is 10.1. The molecule has 3 rings (SSSR count). The Balaban J connectivity index is 1.94. The summed E-state index contributed by atoms with van der Waals surface area (Å²) in [5.74, 6) is -0.938.